The Bertz CT molecular complexity index is 1460. The van der Waals surface area contributed by atoms with Crippen LogP contribution in [0.15, 0.2) is 85.0 Å². The fraction of sp³-hybridized carbons (Fsp3) is 0.419. The minimum Gasteiger partial charge on any atom is -0.352 e. The van der Waals surface area contributed by atoms with Gasteiger partial charge >= 0.3 is 0 Å². The largest absolute Gasteiger partial charge is 0.352 e. The van der Waals surface area contributed by atoms with E-state index in [-0.39, 0.29) is 39.4 Å². The first-order chi connectivity index (χ1) is 17.8. The molecule has 0 N–H and O–H groups in total. The number of hydrogen-bond acceptors (Lipinski definition) is 6. The summed E-state index contributed by atoms with van der Waals surface area (Å²) in [5, 5.41) is 4.26. The van der Waals surface area contributed by atoms with Gasteiger partial charge in [0.05, 0.1) is 10.6 Å². The van der Waals surface area contributed by atoms with Gasteiger partial charge in [-0.05, 0) is 61.0 Å². The third-order valence-corrected chi connectivity index (χ3v) is 7.88. The van der Waals surface area contributed by atoms with Crippen molar-refractivity contribution in [3.8, 4) is 0 Å². The average molecular weight is 551 g/mol. The Morgan fingerprint density at radius 3 is 1.77 bits per heavy atom. The SMILES string of the molecule is CC1=C(ON=C2C=C(C(C)(C)C)C(=O)C(C(C)(C)C)=C2)C(=O)C(C(C)C)=C/C1=N\S(=O)(=O)c1ccc(C)cc1. The van der Waals surface area contributed by atoms with Crippen LogP contribution in [0.5, 0.6) is 0 Å². The predicted octanol–water partition coefficient (Wildman–Crippen LogP) is 6.46. The van der Waals surface area contributed by atoms with Gasteiger partial charge in [0.2, 0.25) is 11.5 Å². The molecule has 0 amide bonds. The van der Waals surface area contributed by atoms with Crippen LogP contribution in [0.3, 0.4) is 0 Å². The standard InChI is InChI=1S/C31H38N2O5S/c1-18(2)23-17-26(33-39(36,37)22-13-11-19(3)12-14-22)20(4)29(27(23)34)38-32-21-15-24(30(5,6)7)28(35)25(16-21)31(8,9)10/h11-18H,1-10H3/b33-26+. The molecular weight excluding hydrogens is 512 g/mol. The Morgan fingerprint density at radius 2 is 1.31 bits per heavy atom. The topological polar surface area (TPSA) is 102 Å². The summed E-state index contributed by atoms with van der Waals surface area (Å²) in [7, 11) is -4.04. The number of carbonyl (C=O) groups is 2. The molecule has 2 aliphatic rings. The second-order valence-corrected chi connectivity index (χ2v) is 14.0. The van der Waals surface area contributed by atoms with E-state index in [1.807, 2.05) is 62.3 Å². The number of sulfonamides is 1. The number of nitrogens with zero attached hydrogens (tertiary/aromatic N) is 2. The van der Waals surface area contributed by atoms with E-state index >= 15 is 0 Å². The molecule has 0 saturated carbocycles. The fourth-order valence-electron chi connectivity index (χ4n) is 4.14. The van der Waals surface area contributed by atoms with Gasteiger partial charge in [-0.25, -0.2) is 0 Å². The van der Waals surface area contributed by atoms with Gasteiger partial charge in [0.1, 0.15) is 5.71 Å². The van der Waals surface area contributed by atoms with E-state index in [1.165, 1.54) is 18.2 Å². The van der Waals surface area contributed by atoms with Crippen LogP contribution < -0.4 is 0 Å². The average Bonchev–Trinajstić information content (AvgIpc) is 2.80. The van der Waals surface area contributed by atoms with Crippen LogP contribution in [-0.2, 0) is 24.4 Å². The van der Waals surface area contributed by atoms with E-state index in [0.29, 0.717) is 22.4 Å². The summed E-state index contributed by atoms with van der Waals surface area (Å²) in [6.45, 7) is 18.8. The highest BCUT2D eigenvalue weighted by Crippen LogP contribution is 2.37. The lowest BCUT2D eigenvalue weighted by Gasteiger charge is -2.30. The van der Waals surface area contributed by atoms with Crippen LogP contribution in [-0.4, -0.2) is 31.4 Å². The van der Waals surface area contributed by atoms with Gasteiger partial charge in [-0.15, -0.1) is 0 Å². The molecule has 1 aromatic rings. The van der Waals surface area contributed by atoms with E-state index in [0.717, 1.165) is 5.56 Å². The van der Waals surface area contributed by atoms with Crippen LogP contribution in [0.2, 0.25) is 0 Å². The maximum atomic E-state index is 13.4. The van der Waals surface area contributed by atoms with Crippen LogP contribution in [0, 0.1) is 23.7 Å². The minimum absolute atomic E-state index is 0.0427. The second kappa shape index (κ2) is 10.6. The van der Waals surface area contributed by atoms with E-state index in [4.69, 9.17) is 4.84 Å². The third kappa shape index (κ3) is 6.61. The fourth-order valence-corrected chi connectivity index (χ4v) is 5.18. The molecule has 0 aromatic heterocycles. The zero-order chi connectivity index (χ0) is 29.5. The Labute approximate surface area is 232 Å². The summed E-state index contributed by atoms with van der Waals surface area (Å²) in [6.07, 6.45) is 4.86. The predicted molar refractivity (Wildman–Crippen MR) is 155 cm³/mol. The molecule has 0 fully saturated rings. The van der Waals surface area contributed by atoms with Crippen LogP contribution in [0.25, 0.3) is 0 Å². The summed E-state index contributed by atoms with van der Waals surface area (Å²) in [5.41, 5.74) is 2.37. The van der Waals surface area contributed by atoms with Gasteiger partial charge < -0.3 is 4.84 Å². The molecule has 0 aliphatic heterocycles. The lowest BCUT2D eigenvalue weighted by Crippen LogP contribution is -2.29. The molecule has 0 heterocycles. The molecule has 0 unspecified atom stereocenters. The van der Waals surface area contributed by atoms with E-state index in [1.54, 1.807) is 31.2 Å². The highest BCUT2D eigenvalue weighted by atomic mass is 32.2. The first kappa shape index (κ1) is 30.2. The lowest BCUT2D eigenvalue weighted by molar-refractivity contribution is -0.116. The summed E-state index contributed by atoms with van der Waals surface area (Å²) < 4.78 is 30.2. The molecule has 208 valence electrons. The maximum absolute atomic E-state index is 13.4. The molecule has 0 saturated heterocycles. The van der Waals surface area contributed by atoms with Crippen molar-refractivity contribution >= 4 is 33.0 Å². The van der Waals surface area contributed by atoms with Crippen LogP contribution in [0.1, 0.15) is 67.9 Å². The maximum Gasteiger partial charge on any atom is 0.282 e. The van der Waals surface area contributed by atoms with Crippen LogP contribution in [0.4, 0.5) is 0 Å². The number of benzene rings is 1. The molecule has 0 radical (unpaired) electrons. The van der Waals surface area contributed by atoms with Crippen molar-refractivity contribution in [2.24, 2.45) is 26.3 Å². The van der Waals surface area contributed by atoms with Crippen molar-refractivity contribution in [1.29, 1.82) is 0 Å². The molecule has 2 aliphatic carbocycles. The van der Waals surface area contributed by atoms with Crippen molar-refractivity contribution in [2.45, 2.75) is 74.1 Å². The number of oxime groups is 1. The zero-order valence-electron chi connectivity index (χ0n) is 24.5. The first-order valence-electron chi connectivity index (χ1n) is 13.0. The quantitative estimate of drug-likeness (QED) is 0.309. The number of ketones is 2. The summed E-state index contributed by atoms with van der Waals surface area (Å²) >= 11 is 0. The number of hydrogen-bond donors (Lipinski definition) is 0. The van der Waals surface area contributed by atoms with Gasteiger partial charge in [0.25, 0.3) is 10.0 Å². The Kier molecular flexibility index (Phi) is 8.23. The highest BCUT2D eigenvalue weighted by Gasteiger charge is 2.35. The smallest absolute Gasteiger partial charge is 0.282 e. The highest BCUT2D eigenvalue weighted by molar-refractivity contribution is 7.90. The van der Waals surface area contributed by atoms with Gasteiger partial charge in [-0.2, -0.15) is 12.8 Å². The molecule has 1 aromatic carbocycles. The molecule has 8 heteroatoms. The summed E-state index contributed by atoms with van der Waals surface area (Å²) in [6, 6.07) is 6.41. The van der Waals surface area contributed by atoms with Crippen molar-refractivity contribution in [3.05, 3.63) is 76.1 Å². The molecule has 0 bridgehead atoms. The number of carbonyl (C=O) groups excluding carboxylic acids is 2. The number of Topliss-reactive ketones (excluding diaryl/α,β-unsaturated/α-hetero) is 2. The van der Waals surface area contributed by atoms with Crippen molar-refractivity contribution in [1.82, 2.24) is 0 Å². The summed E-state index contributed by atoms with van der Waals surface area (Å²) in [4.78, 5) is 32.4. The van der Waals surface area contributed by atoms with Gasteiger partial charge in [-0.3, -0.25) is 9.59 Å². The van der Waals surface area contributed by atoms with Crippen LogP contribution >= 0.6 is 0 Å². The molecule has 0 atom stereocenters. The van der Waals surface area contributed by atoms with E-state index < -0.39 is 20.9 Å². The Hall–Kier alpha value is -3.39. The Balaban J connectivity index is 2.13. The van der Waals surface area contributed by atoms with Crippen molar-refractivity contribution < 1.29 is 22.8 Å². The van der Waals surface area contributed by atoms with E-state index in [9.17, 15) is 18.0 Å². The zero-order valence-corrected chi connectivity index (χ0v) is 25.3. The van der Waals surface area contributed by atoms with Gasteiger partial charge in [-0.1, -0.05) is 78.2 Å². The second-order valence-electron chi connectivity index (χ2n) is 12.4. The van der Waals surface area contributed by atoms with Crippen molar-refractivity contribution in [2.75, 3.05) is 0 Å². The molecule has 39 heavy (non-hydrogen) atoms. The van der Waals surface area contributed by atoms with Gasteiger partial charge in [0.15, 0.2) is 5.78 Å². The monoisotopic (exact) mass is 550 g/mol. The molecule has 3 rings (SSSR count). The minimum atomic E-state index is -4.04. The normalized spacial score (nSPS) is 18.4. The first-order valence-corrected chi connectivity index (χ1v) is 14.4. The van der Waals surface area contributed by atoms with E-state index in [2.05, 4.69) is 9.55 Å². The lowest BCUT2D eigenvalue weighted by atomic mass is 9.72. The molecule has 0 spiro atoms. The number of allylic oxidation sites excluding steroid dienone is 7. The summed E-state index contributed by atoms with van der Waals surface area (Å²) in [5.74, 6) is -0.736. The third-order valence-electron chi connectivity index (χ3n) is 6.58. The van der Waals surface area contributed by atoms with Gasteiger partial charge in [0, 0.05) is 22.3 Å². The number of aryl methyl sites for hydroxylation is 1. The molecule has 7 nitrogen and oxygen atoms in total. The Morgan fingerprint density at radius 1 is 0.795 bits per heavy atom. The molecular formula is C31H38N2O5S. The number of rotatable bonds is 5. The van der Waals surface area contributed by atoms with Crippen molar-refractivity contribution in [3.63, 3.8) is 0 Å².